The van der Waals surface area contributed by atoms with E-state index in [1.165, 1.54) is 12.1 Å². The topological polar surface area (TPSA) is 82.4 Å². The zero-order valence-corrected chi connectivity index (χ0v) is 12.1. The first-order valence-electron chi connectivity index (χ1n) is 5.27. The summed E-state index contributed by atoms with van der Waals surface area (Å²) in [6.45, 7) is 3.67. The molecule has 1 aromatic carbocycles. The number of nitrogens with zero attached hydrogens (tertiary/aromatic N) is 1. The summed E-state index contributed by atoms with van der Waals surface area (Å²) in [5.74, 6) is 0.0857. The fourth-order valence-electron chi connectivity index (χ4n) is 1.24. The van der Waals surface area contributed by atoms with Crippen LogP contribution in [0, 0.1) is 0 Å². The third-order valence-electron chi connectivity index (χ3n) is 2.33. The average molecular weight is 330 g/mol. The van der Waals surface area contributed by atoms with E-state index >= 15 is 0 Å². The van der Waals surface area contributed by atoms with Crippen LogP contribution >= 0.6 is 0 Å². The Kier molecular flexibility index (Phi) is 4.52. The van der Waals surface area contributed by atoms with Gasteiger partial charge in [0.15, 0.2) is 10.0 Å². The molecule has 0 unspecified atom stereocenters. The van der Waals surface area contributed by atoms with Gasteiger partial charge in [0.1, 0.15) is 10.0 Å². The molecule has 20 heavy (non-hydrogen) atoms. The minimum absolute atomic E-state index is 0.0857. The van der Waals surface area contributed by atoms with Gasteiger partial charge >= 0.3 is 5.51 Å². The SMILES string of the molecule is CC(C)c1ccc(S(=O)(=O)[N-]S(=O)(=O)C(F)(F)F)cc1. The lowest BCUT2D eigenvalue weighted by Crippen LogP contribution is -2.24. The van der Waals surface area contributed by atoms with Crippen LogP contribution in [0.5, 0.6) is 0 Å². The summed E-state index contributed by atoms with van der Waals surface area (Å²) in [7, 11) is -11.0. The fraction of sp³-hybridized carbons (Fsp3) is 0.400. The van der Waals surface area contributed by atoms with Crippen LogP contribution in [0.15, 0.2) is 29.2 Å². The molecular formula is C10H11F3NO4S2-. The Balaban J connectivity index is 3.13. The van der Waals surface area contributed by atoms with Crippen molar-refractivity contribution in [3.8, 4) is 0 Å². The molecule has 0 N–H and O–H groups in total. The molecule has 0 aliphatic rings. The third kappa shape index (κ3) is 3.70. The number of benzene rings is 1. The summed E-state index contributed by atoms with van der Waals surface area (Å²) >= 11 is 0. The van der Waals surface area contributed by atoms with Crippen molar-refractivity contribution < 1.29 is 30.0 Å². The molecule has 0 atom stereocenters. The summed E-state index contributed by atoms with van der Waals surface area (Å²) in [5.41, 5.74) is -5.00. The van der Waals surface area contributed by atoms with Gasteiger partial charge in [-0.1, -0.05) is 26.0 Å². The van der Waals surface area contributed by atoms with Crippen LogP contribution in [0.3, 0.4) is 0 Å². The quantitative estimate of drug-likeness (QED) is 0.850. The Hall–Kier alpha value is -1.13. The van der Waals surface area contributed by atoms with Crippen LogP contribution in [0.2, 0.25) is 0 Å². The zero-order valence-electron chi connectivity index (χ0n) is 10.4. The Labute approximate surface area is 114 Å². The van der Waals surface area contributed by atoms with Crippen LogP contribution in [0.25, 0.3) is 4.13 Å². The minimum Gasteiger partial charge on any atom is -0.424 e. The highest BCUT2D eigenvalue weighted by Crippen LogP contribution is 2.32. The standard InChI is InChI=1S/C10H11F3NO4S2/c1-7(2)8-3-5-9(6-4-8)19(15,16)14-20(17,18)10(11,12)13/h3-7H,1-2H3/q-1. The first-order valence-corrected chi connectivity index (χ1v) is 8.15. The number of sulfonamides is 2. The number of hydrogen-bond donors (Lipinski definition) is 0. The second-order valence-corrected chi connectivity index (χ2v) is 7.63. The van der Waals surface area contributed by atoms with Gasteiger partial charge in [-0.2, -0.15) is 13.2 Å². The van der Waals surface area contributed by atoms with Gasteiger partial charge in [-0.3, -0.25) is 0 Å². The molecule has 0 fully saturated rings. The lowest BCUT2D eigenvalue weighted by molar-refractivity contribution is -0.0425. The van der Waals surface area contributed by atoms with E-state index in [0.29, 0.717) is 0 Å². The molecule has 0 aliphatic heterocycles. The largest absolute Gasteiger partial charge is 0.480 e. The molecule has 5 nitrogen and oxygen atoms in total. The van der Waals surface area contributed by atoms with Crippen molar-refractivity contribution in [2.24, 2.45) is 0 Å². The van der Waals surface area contributed by atoms with E-state index in [-0.39, 0.29) is 5.92 Å². The van der Waals surface area contributed by atoms with Crippen molar-refractivity contribution >= 4 is 20.0 Å². The lowest BCUT2D eigenvalue weighted by atomic mass is 10.0. The number of halogens is 3. The minimum atomic E-state index is -6.09. The Morgan fingerprint density at radius 2 is 1.45 bits per heavy atom. The molecule has 0 amide bonds. The summed E-state index contributed by atoms with van der Waals surface area (Å²) in [6, 6.07) is 4.79. The van der Waals surface area contributed by atoms with Crippen molar-refractivity contribution in [1.82, 2.24) is 0 Å². The van der Waals surface area contributed by atoms with Crippen LogP contribution in [0.1, 0.15) is 25.3 Å². The highest BCUT2D eigenvalue weighted by atomic mass is 32.3. The van der Waals surface area contributed by atoms with Crippen LogP contribution < -0.4 is 0 Å². The van der Waals surface area contributed by atoms with Gasteiger partial charge in [0, 0.05) is 4.90 Å². The van der Waals surface area contributed by atoms with Crippen LogP contribution in [0.4, 0.5) is 13.2 Å². The van der Waals surface area contributed by atoms with E-state index in [2.05, 4.69) is 0 Å². The zero-order chi connectivity index (χ0) is 15.8. The monoisotopic (exact) mass is 330 g/mol. The van der Waals surface area contributed by atoms with Crippen molar-refractivity contribution in [3.05, 3.63) is 34.0 Å². The van der Waals surface area contributed by atoms with Crippen LogP contribution in [-0.4, -0.2) is 22.3 Å². The Morgan fingerprint density at radius 3 is 1.80 bits per heavy atom. The summed E-state index contributed by atoms with van der Waals surface area (Å²) in [4.78, 5) is -0.616. The van der Waals surface area contributed by atoms with Gasteiger partial charge < -0.3 is 4.13 Å². The number of alkyl halides is 3. The molecule has 0 saturated carbocycles. The number of rotatable bonds is 4. The maximum Gasteiger partial charge on any atom is 0.480 e. The Morgan fingerprint density at radius 1 is 1.00 bits per heavy atom. The van der Waals surface area contributed by atoms with E-state index in [9.17, 15) is 30.0 Å². The second-order valence-electron chi connectivity index (χ2n) is 4.19. The van der Waals surface area contributed by atoms with Gasteiger partial charge in [-0.05, 0) is 23.6 Å². The normalized spacial score (nSPS) is 13.7. The molecule has 0 aliphatic carbocycles. The molecule has 0 radical (unpaired) electrons. The number of hydrogen-bond acceptors (Lipinski definition) is 4. The predicted octanol–water partition coefficient (Wildman–Crippen LogP) is 2.72. The van der Waals surface area contributed by atoms with Crippen LogP contribution in [-0.2, 0) is 20.0 Å². The van der Waals surface area contributed by atoms with Gasteiger partial charge in [-0.15, -0.1) is 0 Å². The van der Waals surface area contributed by atoms with E-state index < -0.39 is 30.5 Å². The molecule has 0 bridgehead atoms. The molecule has 0 aromatic heterocycles. The molecule has 1 aromatic rings. The maximum absolute atomic E-state index is 12.1. The third-order valence-corrected chi connectivity index (χ3v) is 5.36. The first kappa shape index (κ1) is 16.9. The van der Waals surface area contributed by atoms with Crippen molar-refractivity contribution in [2.75, 3.05) is 0 Å². The maximum atomic E-state index is 12.1. The molecular weight excluding hydrogens is 319 g/mol. The van der Waals surface area contributed by atoms with E-state index in [1.54, 1.807) is 0 Å². The highest BCUT2D eigenvalue weighted by molar-refractivity contribution is 8.12. The van der Waals surface area contributed by atoms with Gasteiger partial charge in [0.05, 0.1) is 0 Å². The first-order chi connectivity index (χ1) is 8.87. The van der Waals surface area contributed by atoms with Crippen molar-refractivity contribution in [1.29, 1.82) is 0 Å². The van der Waals surface area contributed by atoms with Crippen molar-refractivity contribution in [2.45, 2.75) is 30.2 Å². The smallest absolute Gasteiger partial charge is 0.424 e. The molecule has 1 rings (SSSR count). The lowest BCUT2D eigenvalue weighted by Gasteiger charge is -2.22. The summed E-state index contributed by atoms with van der Waals surface area (Å²) in [5, 5.41) is 0. The average Bonchev–Trinajstić information content (AvgIpc) is 2.26. The highest BCUT2D eigenvalue weighted by Gasteiger charge is 2.40. The molecule has 114 valence electrons. The van der Waals surface area contributed by atoms with Gasteiger partial charge in [-0.25, -0.2) is 16.8 Å². The van der Waals surface area contributed by atoms with E-state index in [1.807, 2.05) is 18.0 Å². The van der Waals surface area contributed by atoms with Gasteiger partial charge in [0.2, 0.25) is 0 Å². The fourth-order valence-corrected chi connectivity index (χ4v) is 3.43. The summed E-state index contributed by atoms with van der Waals surface area (Å²) in [6.07, 6.45) is 0. The van der Waals surface area contributed by atoms with E-state index in [4.69, 9.17) is 0 Å². The second kappa shape index (κ2) is 5.34. The summed E-state index contributed by atoms with van der Waals surface area (Å²) < 4.78 is 82.8. The van der Waals surface area contributed by atoms with Crippen molar-refractivity contribution in [3.63, 3.8) is 0 Å². The van der Waals surface area contributed by atoms with Gasteiger partial charge in [0.25, 0.3) is 0 Å². The molecule has 0 heterocycles. The Bertz CT molecular complexity index is 676. The molecule has 0 spiro atoms. The molecule has 0 saturated heterocycles. The molecule has 10 heteroatoms. The predicted molar refractivity (Wildman–Crippen MR) is 66.1 cm³/mol. The van der Waals surface area contributed by atoms with E-state index in [0.717, 1.165) is 17.7 Å².